The van der Waals surface area contributed by atoms with Crippen LogP contribution in [0.5, 0.6) is 0 Å². The number of nitrogens with zero attached hydrogens (tertiary/aromatic N) is 2. The Labute approximate surface area is 120 Å². The van der Waals surface area contributed by atoms with Gasteiger partial charge in [0.2, 0.25) is 11.8 Å². The maximum Gasteiger partial charge on any atom is 0.227 e. The number of hydrogen-bond donors (Lipinski definition) is 1. The van der Waals surface area contributed by atoms with E-state index in [0.29, 0.717) is 32.0 Å². The molecule has 2 heterocycles. The van der Waals surface area contributed by atoms with Crippen LogP contribution in [0.25, 0.3) is 0 Å². The van der Waals surface area contributed by atoms with Gasteiger partial charge in [0.15, 0.2) is 0 Å². The average molecular weight is 279 g/mol. The maximum atomic E-state index is 12.8. The quantitative estimate of drug-likeness (QED) is 0.763. The standard InChI is InChI=1S/C15H25N3O2/c1-10-3-2-4-12(16)14(10)15(20)17-7-8-18-11(9-17)5-6-13(18)19/h10-12,14H,2-9,16H2,1H3. The van der Waals surface area contributed by atoms with Gasteiger partial charge in [-0.05, 0) is 25.2 Å². The van der Waals surface area contributed by atoms with Gasteiger partial charge in [-0.3, -0.25) is 9.59 Å². The lowest BCUT2D eigenvalue weighted by Crippen LogP contribution is -2.57. The SMILES string of the molecule is CC1CCCC(N)C1C(=O)N1CCN2C(=O)CCC2C1. The van der Waals surface area contributed by atoms with Crippen LogP contribution in [0.1, 0.15) is 39.0 Å². The van der Waals surface area contributed by atoms with Gasteiger partial charge >= 0.3 is 0 Å². The average Bonchev–Trinajstić information content (AvgIpc) is 2.79. The summed E-state index contributed by atoms with van der Waals surface area (Å²) in [5.41, 5.74) is 6.19. The summed E-state index contributed by atoms with van der Waals surface area (Å²) < 4.78 is 0. The topological polar surface area (TPSA) is 66.6 Å². The van der Waals surface area contributed by atoms with Crippen LogP contribution in [0.2, 0.25) is 0 Å². The first-order chi connectivity index (χ1) is 9.58. The monoisotopic (exact) mass is 279 g/mol. The lowest BCUT2D eigenvalue weighted by Gasteiger charge is -2.42. The van der Waals surface area contributed by atoms with E-state index < -0.39 is 0 Å². The molecule has 1 saturated carbocycles. The Kier molecular flexibility index (Phi) is 3.71. The first-order valence-electron chi connectivity index (χ1n) is 7.91. The highest BCUT2D eigenvalue weighted by molar-refractivity contribution is 5.82. The normalized spacial score (nSPS) is 38.0. The Hall–Kier alpha value is -1.10. The molecule has 5 heteroatoms. The zero-order chi connectivity index (χ0) is 14.3. The van der Waals surface area contributed by atoms with E-state index in [1.54, 1.807) is 0 Å². The molecular weight excluding hydrogens is 254 g/mol. The molecule has 2 aliphatic heterocycles. The number of carbonyl (C=O) groups is 2. The van der Waals surface area contributed by atoms with E-state index in [4.69, 9.17) is 5.73 Å². The van der Waals surface area contributed by atoms with Crippen molar-refractivity contribution in [1.82, 2.24) is 9.80 Å². The highest BCUT2D eigenvalue weighted by Crippen LogP contribution is 2.32. The minimum Gasteiger partial charge on any atom is -0.339 e. The Bertz CT molecular complexity index is 402. The van der Waals surface area contributed by atoms with Gasteiger partial charge < -0.3 is 15.5 Å². The van der Waals surface area contributed by atoms with E-state index in [9.17, 15) is 9.59 Å². The van der Waals surface area contributed by atoms with Gasteiger partial charge in [-0.15, -0.1) is 0 Å². The smallest absolute Gasteiger partial charge is 0.227 e. The van der Waals surface area contributed by atoms with Crippen molar-refractivity contribution in [3.63, 3.8) is 0 Å². The lowest BCUT2D eigenvalue weighted by molar-refractivity contribution is -0.144. The fourth-order valence-electron chi connectivity index (χ4n) is 4.16. The first kappa shape index (κ1) is 13.9. The Morgan fingerprint density at radius 3 is 2.80 bits per heavy atom. The van der Waals surface area contributed by atoms with Crippen LogP contribution in [0, 0.1) is 11.8 Å². The summed E-state index contributed by atoms with van der Waals surface area (Å²) in [4.78, 5) is 28.4. The molecule has 0 spiro atoms. The van der Waals surface area contributed by atoms with E-state index >= 15 is 0 Å². The van der Waals surface area contributed by atoms with E-state index in [2.05, 4.69) is 6.92 Å². The van der Waals surface area contributed by atoms with Gasteiger partial charge in [0.25, 0.3) is 0 Å². The van der Waals surface area contributed by atoms with Crippen LogP contribution in [-0.2, 0) is 9.59 Å². The van der Waals surface area contributed by atoms with Gasteiger partial charge in [-0.2, -0.15) is 0 Å². The molecule has 2 amide bonds. The fourth-order valence-corrected chi connectivity index (χ4v) is 4.16. The molecule has 1 aliphatic carbocycles. The summed E-state index contributed by atoms with van der Waals surface area (Å²) in [5.74, 6) is 0.843. The number of fused-ring (bicyclic) bond motifs is 1. The second-order valence-electron chi connectivity index (χ2n) is 6.66. The Balaban J connectivity index is 1.67. The number of nitrogens with two attached hydrogens (primary N) is 1. The molecule has 5 nitrogen and oxygen atoms in total. The molecular formula is C15H25N3O2. The molecule has 4 atom stereocenters. The summed E-state index contributed by atoms with van der Waals surface area (Å²) in [6.07, 6.45) is 4.74. The third-order valence-corrected chi connectivity index (χ3v) is 5.36. The van der Waals surface area contributed by atoms with Gasteiger partial charge in [-0.25, -0.2) is 0 Å². The molecule has 4 unspecified atom stereocenters. The van der Waals surface area contributed by atoms with Crippen LogP contribution in [0.4, 0.5) is 0 Å². The molecule has 0 bridgehead atoms. The second-order valence-corrected chi connectivity index (χ2v) is 6.66. The predicted molar refractivity (Wildman–Crippen MR) is 75.8 cm³/mol. The van der Waals surface area contributed by atoms with Crippen molar-refractivity contribution in [2.75, 3.05) is 19.6 Å². The van der Waals surface area contributed by atoms with Crippen molar-refractivity contribution in [1.29, 1.82) is 0 Å². The van der Waals surface area contributed by atoms with Crippen molar-refractivity contribution in [3.05, 3.63) is 0 Å². The van der Waals surface area contributed by atoms with Crippen LogP contribution in [0.15, 0.2) is 0 Å². The van der Waals surface area contributed by atoms with Crippen molar-refractivity contribution in [2.45, 2.75) is 51.1 Å². The third-order valence-electron chi connectivity index (χ3n) is 5.36. The molecule has 3 rings (SSSR count). The Morgan fingerprint density at radius 1 is 1.25 bits per heavy atom. The molecule has 0 aromatic rings. The molecule has 0 aromatic carbocycles. The molecule has 112 valence electrons. The highest BCUT2D eigenvalue weighted by atomic mass is 16.2. The van der Waals surface area contributed by atoms with Crippen molar-refractivity contribution in [3.8, 4) is 0 Å². The summed E-state index contributed by atoms with van der Waals surface area (Å²) >= 11 is 0. The summed E-state index contributed by atoms with van der Waals surface area (Å²) in [5, 5.41) is 0. The van der Waals surface area contributed by atoms with Crippen molar-refractivity contribution in [2.24, 2.45) is 17.6 Å². The van der Waals surface area contributed by atoms with Crippen molar-refractivity contribution < 1.29 is 9.59 Å². The van der Waals surface area contributed by atoms with Gasteiger partial charge in [0.1, 0.15) is 0 Å². The molecule has 0 aromatic heterocycles. The summed E-state index contributed by atoms with van der Waals surface area (Å²) in [7, 11) is 0. The van der Waals surface area contributed by atoms with Gasteiger partial charge in [-0.1, -0.05) is 13.3 Å². The number of amides is 2. The molecule has 2 N–H and O–H groups in total. The molecule has 0 radical (unpaired) electrons. The predicted octanol–water partition coefficient (Wildman–Crippen LogP) is 0.583. The minimum atomic E-state index is -0.0209. The molecule has 20 heavy (non-hydrogen) atoms. The van der Waals surface area contributed by atoms with E-state index in [1.807, 2.05) is 9.80 Å². The first-order valence-corrected chi connectivity index (χ1v) is 7.91. The van der Waals surface area contributed by atoms with Crippen LogP contribution >= 0.6 is 0 Å². The van der Waals surface area contributed by atoms with E-state index in [-0.39, 0.29) is 29.8 Å². The maximum absolute atomic E-state index is 12.8. The zero-order valence-corrected chi connectivity index (χ0v) is 12.3. The van der Waals surface area contributed by atoms with E-state index in [1.165, 1.54) is 0 Å². The lowest BCUT2D eigenvalue weighted by atomic mass is 9.76. The largest absolute Gasteiger partial charge is 0.339 e. The number of piperazine rings is 1. The molecule has 3 fully saturated rings. The van der Waals surface area contributed by atoms with Gasteiger partial charge in [0, 0.05) is 38.1 Å². The van der Waals surface area contributed by atoms with Crippen LogP contribution in [0.3, 0.4) is 0 Å². The van der Waals surface area contributed by atoms with E-state index in [0.717, 1.165) is 25.7 Å². The second kappa shape index (κ2) is 5.35. The minimum absolute atomic E-state index is 0.00879. The van der Waals surface area contributed by atoms with Gasteiger partial charge in [0.05, 0.1) is 5.92 Å². The highest BCUT2D eigenvalue weighted by Gasteiger charge is 2.41. The Morgan fingerprint density at radius 2 is 2.05 bits per heavy atom. The fraction of sp³-hybridized carbons (Fsp3) is 0.867. The third kappa shape index (κ3) is 2.32. The molecule has 2 saturated heterocycles. The number of hydrogen-bond acceptors (Lipinski definition) is 3. The molecule has 3 aliphatic rings. The van der Waals surface area contributed by atoms with Crippen molar-refractivity contribution >= 4 is 11.8 Å². The van der Waals surface area contributed by atoms with Crippen LogP contribution in [-0.4, -0.2) is 53.3 Å². The number of carbonyl (C=O) groups excluding carboxylic acids is 2. The van der Waals surface area contributed by atoms with Crippen LogP contribution < -0.4 is 5.73 Å². The summed E-state index contributed by atoms with van der Waals surface area (Å²) in [6, 6.07) is 0.254. The number of rotatable bonds is 1. The zero-order valence-electron chi connectivity index (χ0n) is 12.3. The summed E-state index contributed by atoms with van der Waals surface area (Å²) in [6.45, 7) is 4.24.